The van der Waals surface area contributed by atoms with E-state index in [0.29, 0.717) is 6.54 Å². The molecular formula is C9H18N2O2. The van der Waals surface area contributed by atoms with Crippen molar-refractivity contribution in [3.8, 4) is 0 Å². The van der Waals surface area contributed by atoms with Crippen LogP contribution >= 0.6 is 0 Å². The molecule has 0 spiro atoms. The lowest BCUT2D eigenvalue weighted by Gasteiger charge is -2.18. The van der Waals surface area contributed by atoms with E-state index in [9.17, 15) is 4.79 Å². The van der Waals surface area contributed by atoms with Gasteiger partial charge in [-0.2, -0.15) is 0 Å². The number of ether oxygens (including phenoxy) is 1. The summed E-state index contributed by atoms with van der Waals surface area (Å²) < 4.78 is 5.16. The highest BCUT2D eigenvalue weighted by atomic mass is 16.6. The van der Waals surface area contributed by atoms with Crippen LogP contribution in [-0.2, 0) is 4.74 Å². The van der Waals surface area contributed by atoms with E-state index in [1.54, 1.807) is 4.90 Å². The predicted molar refractivity (Wildman–Crippen MR) is 50.4 cm³/mol. The molecule has 13 heavy (non-hydrogen) atoms. The molecule has 2 atom stereocenters. The first-order valence-electron chi connectivity index (χ1n) is 4.84. The van der Waals surface area contributed by atoms with Gasteiger partial charge in [0.25, 0.3) is 0 Å². The van der Waals surface area contributed by atoms with Crippen molar-refractivity contribution in [2.75, 3.05) is 13.1 Å². The first-order valence-corrected chi connectivity index (χ1v) is 4.84. The van der Waals surface area contributed by atoms with Crippen LogP contribution in [0.5, 0.6) is 0 Å². The molecule has 0 aromatic heterocycles. The van der Waals surface area contributed by atoms with Gasteiger partial charge in [0.2, 0.25) is 0 Å². The number of amides is 1. The van der Waals surface area contributed by atoms with Gasteiger partial charge in [-0.25, -0.2) is 4.79 Å². The Morgan fingerprint density at radius 2 is 2.46 bits per heavy atom. The molecule has 1 fully saturated rings. The standard InChI is InChI=1S/C9H18N2O2/c1-3-7(2)13-9(12)11-5-4-8(10)6-11/h7-8H,3-6,10H2,1-2H3/t7-,8?/m1/s1. The summed E-state index contributed by atoms with van der Waals surface area (Å²) in [6, 6.07) is 0.129. The molecule has 0 saturated carbocycles. The van der Waals surface area contributed by atoms with E-state index >= 15 is 0 Å². The Bertz CT molecular complexity index is 184. The van der Waals surface area contributed by atoms with Crippen LogP contribution in [0.2, 0.25) is 0 Å². The first-order chi connectivity index (χ1) is 6.13. The highest BCUT2D eigenvalue weighted by Crippen LogP contribution is 2.10. The number of hydrogen-bond acceptors (Lipinski definition) is 3. The maximum atomic E-state index is 11.4. The monoisotopic (exact) mass is 186 g/mol. The minimum atomic E-state index is -0.220. The molecular weight excluding hydrogens is 168 g/mol. The van der Waals surface area contributed by atoms with Crippen LogP contribution < -0.4 is 5.73 Å². The summed E-state index contributed by atoms with van der Waals surface area (Å²) in [5, 5.41) is 0. The van der Waals surface area contributed by atoms with Crippen LogP contribution in [0.3, 0.4) is 0 Å². The number of hydrogen-bond donors (Lipinski definition) is 1. The summed E-state index contributed by atoms with van der Waals surface area (Å²) in [4.78, 5) is 13.1. The molecule has 0 radical (unpaired) electrons. The number of likely N-dealkylation sites (tertiary alicyclic amines) is 1. The molecule has 0 aromatic carbocycles. The topological polar surface area (TPSA) is 55.6 Å². The van der Waals surface area contributed by atoms with Gasteiger partial charge in [0.05, 0.1) is 0 Å². The lowest BCUT2D eigenvalue weighted by atomic mass is 10.3. The third-order valence-electron chi connectivity index (χ3n) is 2.36. The Balaban J connectivity index is 2.31. The average molecular weight is 186 g/mol. The van der Waals surface area contributed by atoms with Gasteiger partial charge in [-0.05, 0) is 19.8 Å². The molecule has 2 N–H and O–H groups in total. The maximum Gasteiger partial charge on any atom is 0.410 e. The summed E-state index contributed by atoms with van der Waals surface area (Å²) >= 11 is 0. The number of rotatable bonds is 2. The van der Waals surface area contributed by atoms with Crippen molar-refractivity contribution in [3.05, 3.63) is 0 Å². The zero-order valence-electron chi connectivity index (χ0n) is 8.32. The second kappa shape index (κ2) is 4.46. The van der Waals surface area contributed by atoms with Crippen molar-refractivity contribution in [1.82, 2.24) is 4.90 Å². The van der Waals surface area contributed by atoms with Crippen molar-refractivity contribution in [3.63, 3.8) is 0 Å². The zero-order chi connectivity index (χ0) is 9.84. The van der Waals surface area contributed by atoms with Crippen molar-refractivity contribution < 1.29 is 9.53 Å². The molecule has 0 aromatic rings. The number of carbonyl (C=O) groups is 1. The fourth-order valence-corrected chi connectivity index (χ4v) is 1.28. The van der Waals surface area contributed by atoms with Gasteiger partial charge >= 0.3 is 6.09 Å². The van der Waals surface area contributed by atoms with E-state index in [1.165, 1.54) is 0 Å². The van der Waals surface area contributed by atoms with Crippen molar-refractivity contribution in [1.29, 1.82) is 0 Å². The smallest absolute Gasteiger partial charge is 0.410 e. The van der Waals surface area contributed by atoms with Gasteiger partial charge in [0.15, 0.2) is 0 Å². The molecule has 1 aliphatic rings. The van der Waals surface area contributed by atoms with Gasteiger partial charge < -0.3 is 15.4 Å². The fourth-order valence-electron chi connectivity index (χ4n) is 1.28. The summed E-state index contributed by atoms with van der Waals surface area (Å²) in [7, 11) is 0. The normalized spacial score (nSPS) is 24.5. The lowest BCUT2D eigenvalue weighted by molar-refractivity contribution is 0.0744. The minimum Gasteiger partial charge on any atom is -0.446 e. The van der Waals surface area contributed by atoms with Gasteiger partial charge in [-0.1, -0.05) is 6.92 Å². The quantitative estimate of drug-likeness (QED) is 0.698. The van der Waals surface area contributed by atoms with Crippen LogP contribution in [0.25, 0.3) is 0 Å². The van der Waals surface area contributed by atoms with Gasteiger partial charge in [-0.3, -0.25) is 0 Å². The Kier molecular flexibility index (Phi) is 3.54. The number of carbonyl (C=O) groups excluding carboxylic acids is 1. The number of nitrogens with zero attached hydrogens (tertiary/aromatic N) is 1. The predicted octanol–water partition coefficient (Wildman–Crippen LogP) is 0.955. The maximum absolute atomic E-state index is 11.4. The van der Waals surface area contributed by atoms with Crippen LogP contribution in [-0.4, -0.2) is 36.2 Å². The molecule has 76 valence electrons. The third kappa shape index (κ3) is 2.88. The molecule has 1 amide bonds. The summed E-state index contributed by atoms with van der Waals surface area (Å²) in [6.45, 7) is 5.26. The van der Waals surface area contributed by atoms with E-state index in [-0.39, 0.29) is 18.2 Å². The fraction of sp³-hybridized carbons (Fsp3) is 0.889. The number of nitrogens with two attached hydrogens (primary N) is 1. The summed E-state index contributed by atoms with van der Waals surface area (Å²) in [5.74, 6) is 0. The molecule has 4 nitrogen and oxygen atoms in total. The second-order valence-corrected chi connectivity index (χ2v) is 3.60. The van der Waals surface area contributed by atoms with Crippen molar-refractivity contribution in [2.24, 2.45) is 5.73 Å². The highest BCUT2D eigenvalue weighted by Gasteiger charge is 2.25. The summed E-state index contributed by atoms with van der Waals surface area (Å²) in [6.07, 6.45) is 1.52. The largest absolute Gasteiger partial charge is 0.446 e. The molecule has 4 heteroatoms. The van der Waals surface area contributed by atoms with E-state index in [0.717, 1.165) is 19.4 Å². The van der Waals surface area contributed by atoms with Crippen LogP contribution in [0, 0.1) is 0 Å². The third-order valence-corrected chi connectivity index (χ3v) is 2.36. The minimum absolute atomic E-state index is 0.00400. The van der Waals surface area contributed by atoms with E-state index in [4.69, 9.17) is 10.5 Å². The average Bonchev–Trinajstić information content (AvgIpc) is 2.51. The lowest BCUT2D eigenvalue weighted by Crippen LogP contribution is -2.34. The van der Waals surface area contributed by atoms with Crippen molar-refractivity contribution >= 4 is 6.09 Å². The Labute approximate surface area is 79.0 Å². The Hall–Kier alpha value is -0.770. The van der Waals surface area contributed by atoms with Gasteiger partial charge in [0, 0.05) is 19.1 Å². The van der Waals surface area contributed by atoms with Crippen LogP contribution in [0.4, 0.5) is 4.79 Å². The summed E-state index contributed by atoms with van der Waals surface area (Å²) in [5.41, 5.74) is 5.68. The second-order valence-electron chi connectivity index (χ2n) is 3.60. The van der Waals surface area contributed by atoms with E-state index < -0.39 is 0 Å². The van der Waals surface area contributed by atoms with Gasteiger partial charge in [-0.15, -0.1) is 0 Å². The van der Waals surface area contributed by atoms with Crippen LogP contribution in [0.1, 0.15) is 26.7 Å². The first kappa shape index (κ1) is 10.3. The Morgan fingerprint density at radius 3 is 2.92 bits per heavy atom. The Morgan fingerprint density at radius 1 is 1.77 bits per heavy atom. The van der Waals surface area contributed by atoms with Crippen LogP contribution in [0.15, 0.2) is 0 Å². The molecule has 1 aliphatic heterocycles. The van der Waals surface area contributed by atoms with E-state index in [2.05, 4.69) is 0 Å². The highest BCUT2D eigenvalue weighted by molar-refractivity contribution is 5.68. The molecule has 1 unspecified atom stereocenters. The van der Waals surface area contributed by atoms with E-state index in [1.807, 2.05) is 13.8 Å². The SMILES string of the molecule is CC[C@@H](C)OC(=O)N1CCC(N)C1. The van der Waals surface area contributed by atoms with Crippen molar-refractivity contribution in [2.45, 2.75) is 38.8 Å². The molecule has 1 saturated heterocycles. The molecule has 0 bridgehead atoms. The van der Waals surface area contributed by atoms with Gasteiger partial charge in [0.1, 0.15) is 6.10 Å². The molecule has 0 aliphatic carbocycles. The molecule has 1 heterocycles. The zero-order valence-corrected chi connectivity index (χ0v) is 8.32. The molecule has 1 rings (SSSR count).